The molecule has 0 bridgehead atoms. The van der Waals surface area contributed by atoms with E-state index in [0.717, 1.165) is 23.1 Å². The molecule has 0 unspecified atom stereocenters. The van der Waals surface area contributed by atoms with Crippen LogP contribution in [0.4, 0.5) is 4.39 Å². The van der Waals surface area contributed by atoms with E-state index >= 15 is 0 Å². The highest BCUT2D eigenvalue weighted by molar-refractivity contribution is 7.98. The monoisotopic (exact) mass is 417 g/mol. The summed E-state index contributed by atoms with van der Waals surface area (Å²) < 4.78 is 13.3. The smallest absolute Gasteiger partial charge is 0.195 e. The summed E-state index contributed by atoms with van der Waals surface area (Å²) in [6.45, 7) is 5.13. The molecule has 0 aliphatic heterocycles. The lowest BCUT2D eigenvalue weighted by atomic mass is 9.91. The molecular weight excluding hydrogens is 397 g/mol. The first-order valence-electron chi connectivity index (χ1n) is 8.73. The number of carbonyl (C=O) groups excluding carboxylic acids is 2. The Balaban J connectivity index is 2.57. The summed E-state index contributed by atoms with van der Waals surface area (Å²) in [5, 5.41) is 8.53. The maximum atomic E-state index is 13.3. The number of ketones is 2. The van der Waals surface area contributed by atoms with Gasteiger partial charge in [0.15, 0.2) is 11.6 Å². The fourth-order valence-electron chi connectivity index (χ4n) is 2.71. The quantitative estimate of drug-likeness (QED) is 0.332. The number of hydrogen-bond acceptors (Lipinski definition) is 4. The zero-order chi connectivity index (χ0) is 20.8. The van der Waals surface area contributed by atoms with E-state index in [4.69, 9.17) is 17.0 Å². The molecule has 0 amide bonds. The molecule has 0 saturated heterocycles. The van der Waals surface area contributed by atoms with Crippen molar-refractivity contribution in [2.75, 3.05) is 5.75 Å². The van der Waals surface area contributed by atoms with Gasteiger partial charge >= 0.3 is 0 Å². The number of hydrogen-bond donors (Lipinski definition) is 1. The van der Waals surface area contributed by atoms with Crippen LogP contribution in [0.2, 0.25) is 5.02 Å². The van der Waals surface area contributed by atoms with Crippen LogP contribution in [0, 0.1) is 11.2 Å². The second-order valence-electron chi connectivity index (χ2n) is 6.28. The minimum absolute atomic E-state index is 0.0177. The number of allylic oxidation sites excluding steroid dienone is 2. The summed E-state index contributed by atoms with van der Waals surface area (Å²) in [5.74, 6) is 0.603. The highest BCUT2D eigenvalue weighted by atomic mass is 35.5. The summed E-state index contributed by atoms with van der Waals surface area (Å²) in [6.07, 6.45) is 1.37. The number of halogens is 2. The molecule has 0 heterocycles. The summed E-state index contributed by atoms with van der Waals surface area (Å²) in [6, 6.07) is 8.91. The zero-order valence-electron chi connectivity index (χ0n) is 15.9. The second kappa shape index (κ2) is 9.80. The number of thioether (sulfide) groups is 1. The molecule has 2 aromatic rings. The van der Waals surface area contributed by atoms with E-state index in [1.165, 1.54) is 25.1 Å². The van der Waals surface area contributed by atoms with Crippen LogP contribution in [0.15, 0.2) is 48.0 Å². The van der Waals surface area contributed by atoms with E-state index < -0.39 is 11.6 Å². The van der Waals surface area contributed by atoms with E-state index in [0.29, 0.717) is 16.7 Å². The van der Waals surface area contributed by atoms with Crippen LogP contribution < -0.4 is 0 Å². The summed E-state index contributed by atoms with van der Waals surface area (Å²) >= 11 is 7.79. The van der Waals surface area contributed by atoms with Gasteiger partial charge in [-0.3, -0.25) is 15.0 Å². The van der Waals surface area contributed by atoms with Gasteiger partial charge in [-0.15, -0.1) is 0 Å². The van der Waals surface area contributed by atoms with Crippen molar-refractivity contribution in [1.82, 2.24) is 0 Å². The van der Waals surface area contributed by atoms with Crippen LogP contribution in [0.3, 0.4) is 0 Å². The van der Waals surface area contributed by atoms with Gasteiger partial charge in [-0.2, -0.15) is 11.8 Å². The first-order valence-corrected chi connectivity index (χ1v) is 10.3. The Morgan fingerprint density at radius 2 is 1.79 bits per heavy atom. The largest absolute Gasteiger partial charge is 0.300 e. The van der Waals surface area contributed by atoms with Gasteiger partial charge in [-0.1, -0.05) is 30.7 Å². The normalized spacial score (nSPS) is 11.4. The maximum absolute atomic E-state index is 13.3. The maximum Gasteiger partial charge on any atom is 0.195 e. The lowest BCUT2D eigenvalue weighted by Gasteiger charge is -2.14. The molecule has 0 aromatic heterocycles. The van der Waals surface area contributed by atoms with E-state index in [1.807, 2.05) is 6.07 Å². The third kappa shape index (κ3) is 5.40. The van der Waals surface area contributed by atoms with Gasteiger partial charge in [0.05, 0.1) is 10.7 Å². The Kier molecular flexibility index (Phi) is 7.72. The number of carbonyl (C=O) groups is 2. The van der Waals surface area contributed by atoms with Crippen LogP contribution in [0.25, 0.3) is 0 Å². The lowest BCUT2D eigenvalue weighted by Crippen LogP contribution is -2.13. The third-order valence-corrected chi connectivity index (χ3v) is 5.32. The van der Waals surface area contributed by atoms with E-state index in [-0.39, 0.29) is 22.1 Å². The summed E-state index contributed by atoms with van der Waals surface area (Å²) in [5.41, 5.74) is 2.42. The number of rotatable bonds is 8. The third-order valence-electron chi connectivity index (χ3n) is 4.06. The average molecular weight is 418 g/mol. The molecule has 3 nitrogen and oxygen atoms in total. The number of benzene rings is 2. The van der Waals surface area contributed by atoms with Crippen molar-refractivity contribution < 1.29 is 14.0 Å². The van der Waals surface area contributed by atoms with Gasteiger partial charge in [0.25, 0.3) is 0 Å². The fourth-order valence-corrected chi connectivity index (χ4v) is 3.59. The Morgan fingerprint density at radius 1 is 1.11 bits per heavy atom. The van der Waals surface area contributed by atoms with Crippen LogP contribution in [-0.4, -0.2) is 23.0 Å². The summed E-state index contributed by atoms with van der Waals surface area (Å²) in [4.78, 5) is 24.5. The van der Waals surface area contributed by atoms with Gasteiger partial charge in [0.2, 0.25) is 0 Å². The van der Waals surface area contributed by atoms with Crippen LogP contribution in [0.5, 0.6) is 0 Å². The SMILES string of the molecule is CCSCc1ccc(C(=O)c2ccc(F)cc2Cl)c(C(=N)/C(C)=C\C(C)=O)c1. The topological polar surface area (TPSA) is 58.0 Å². The Labute approximate surface area is 173 Å². The molecule has 0 spiro atoms. The van der Waals surface area contributed by atoms with Crippen molar-refractivity contribution in [3.05, 3.63) is 81.1 Å². The molecule has 2 aromatic carbocycles. The van der Waals surface area contributed by atoms with Gasteiger partial charge in [0, 0.05) is 22.4 Å². The van der Waals surface area contributed by atoms with Gasteiger partial charge in [0.1, 0.15) is 5.82 Å². The molecular formula is C22H21ClFNO2S. The Hall–Kier alpha value is -2.24. The van der Waals surface area contributed by atoms with E-state index in [1.54, 1.807) is 30.8 Å². The van der Waals surface area contributed by atoms with Crippen molar-refractivity contribution in [3.63, 3.8) is 0 Å². The van der Waals surface area contributed by atoms with Crippen molar-refractivity contribution in [1.29, 1.82) is 5.41 Å². The predicted octanol–water partition coefficient (Wildman–Crippen LogP) is 5.87. The highest BCUT2D eigenvalue weighted by Crippen LogP contribution is 2.25. The second-order valence-corrected chi connectivity index (χ2v) is 7.96. The summed E-state index contributed by atoms with van der Waals surface area (Å²) in [7, 11) is 0. The minimum atomic E-state index is -0.526. The molecule has 146 valence electrons. The first-order chi connectivity index (χ1) is 13.2. The Bertz CT molecular complexity index is 969. The molecule has 0 fully saturated rings. The van der Waals surface area contributed by atoms with Gasteiger partial charge in [-0.05, 0) is 61.1 Å². The first kappa shape index (κ1) is 22.1. The lowest BCUT2D eigenvalue weighted by molar-refractivity contribution is -0.112. The molecule has 1 N–H and O–H groups in total. The van der Waals surface area contributed by atoms with Crippen molar-refractivity contribution in [2.45, 2.75) is 26.5 Å². The molecule has 0 saturated carbocycles. The van der Waals surface area contributed by atoms with Crippen molar-refractivity contribution in [3.8, 4) is 0 Å². The predicted molar refractivity (Wildman–Crippen MR) is 114 cm³/mol. The van der Waals surface area contributed by atoms with E-state index in [2.05, 4.69) is 6.92 Å². The zero-order valence-corrected chi connectivity index (χ0v) is 17.5. The highest BCUT2D eigenvalue weighted by Gasteiger charge is 2.20. The van der Waals surface area contributed by atoms with Gasteiger partial charge in [-0.25, -0.2) is 4.39 Å². The van der Waals surface area contributed by atoms with Crippen molar-refractivity contribution >= 4 is 40.6 Å². The van der Waals surface area contributed by atoms with Crippen LogP contribution >= 0.6 is 23.4 Å². The molecule has 6 heteroatoms. The fraction of sp³-hybridized carbons (Fsp3) is 0.227. The Morgan fingerprint density at radius 3 is 2.39 bits per heavy atom. The minimum Gasteiger partial charge on any atom is -0.300 e. The van der Waals surface area contributed by atoms with Gasteiger partial charge < -0.3 is 0 Å². The van der Waals surface area contributed by atoms with Crippen LogP contribution in [-0.2, 0) is 10.5 Å². The molecule has 0 atom stereocenters. The standard InChI is InChI=1S/C22H21ClFNO2S/c1-4-28-12-15-5-7-17(19(10-15)21(25)13(2)9-14(3)26)22(27)18-8-6-16(24)11-20(18)23/h5-11,25H,4,12H2,1-3H3/b13-9-,25-21?. The molecule has 0 aliphatic carbocycles. The van der Waals surface area contributed by atoms with E-state index in [9.17, 15) is 14.0 Å². The molecule has 2 rings (SSSR count). The number of nitrogens with one attached hydrogen (secondary N) is 1. The molecule has 28 heavy (non-hydrogen) atoms. The molecule has 0 aliphatic rings. The van der Waals surface area contributed by atoms with Crippen LogP contribution in [0.1, 0.15) is 47.8 Å². The average Bonchev–Trinajstić information content (AvgIpc) is 2.64. The molecule has 0 radical (unpaired) electrons. The van der Waals surface area contributed by atoms with Crippen molar-refractivity contribution in [2.24, 2.45) is 0 Å².